The number of urea groups is 1. The second-order valence-corrected chi connectivity index (χ2v) is 5.32. The van der Waals surface area contributed by atoms with Crippen LogP contribution in [-0.4, -0.2) is 40.7 Å². The highest BCUT2D eigenvalue weighted by molar-refractivity contribution is 7.98. The molecule has 0 unspecified atom stereocenters. The van der Waals surface area contributed by atoms with E-state index >= 15 is 0 Å². The van der Waals surface area contributed by atoms with E-state index in [0.717, 1.165) is 12.8 Å². The van der Waals surface area contributed by atoms with Gasteiger partial charge in [0.15, 0.2) is 0 Å². The van der Waals surface area contributed by atoms with Crippen molar-refractivity contribution in [2.45, 2.75) is 37.8 Å². The average Bonchev–Trinajstić information content (AvgIpc) is 2.89. The second kappa shape index (κ2) is 5.43. The molecule has 0 heterocycles. The summed E-state index contributed by atoms with van der Waals surface area (Å²) >= 11 is 1.56. The molecule has 2 amide bonds. The monoisotopic (exact) mass is 246 g/mol. The van der Waals surface area contributed by atoms with E-state index in [2.05, 4.69) is 10.6 Å². The van der Waals surface area contributed by atoms with Crippen molar-refractivity contribution in [2.24, 2.45) is 0 Å². The molecule has 5 nitrogen and oxygen atoms in total. The van der Waals surface area contributed by atoms with Crippen LogP contribution >= 0.6 is 11.8 Å². The van der Waals surface area contributed by atoms with E-state index in [9.17, 15) is 9.59 Å². The highest BCUT2D eigenvalue weighted by atomic mass is 32.2. The fraction of sp³-hybridized carbons (Fsp3) is 0.800. The molecule has 0 saturated heterocycles. The van der Waals surface area contributed by atoms with Crippen molar-refractivity contribution in [2.75, 3.05) is 12.0 Å². The maximum atomic E-state index is 11.5. The molecule has 92 valence electrons. The summed E-state index contributed by atoms with van der Waals surface area (Å²) in [5.74, 6) is -0.265. The number of carbonyl (C=O) groups excluding carboxylic acids is 1. The predicted molar refractivity (Wildman–Crippen MR) is 63.7 cm³/mol. The summed E-state index contributed by atoms with van der Waals surface area (Å²) in [4.78, 5) is 22.4. The zero-order chi connectivity index (χ0) is 12.2. The van der Waals surface area contributed by atoms with Crippen molar-refractivity contribution in [3.05, 3.63) is 0 Å². The van der Waals surface area contributed by atoms with Crippen LogP contribution in [0.15, 0.2) is 0 Å². The van der Waals surface area contributed by atoms with Crippen LogP contribution in [0.2, 0.25) is 0 Å². The lowest BCUT2D eigenvalue weighted by Gasteiger charge is -2.17. The highest BCUT2D eigenvalue weighted by Gasteiger charge is 2.39. The number of carbonyl (C=O) groups is 2. The average molecular weight is 246 g/mol. The SMILES string of the molecule is CSCC[C@@H](NC(=O)NC1(C)CC1)C(=O)O. The van der Waals surface area contributed by atoms with E-state index in [0.29, 0.717) is 12.2 Å². The van der Waals surface area contributed by atoms with Crippen molar-refractivity contribution in [1.29, 1.82) is 0 Å². The fourth-order valence-electron chi connectivity index (χ4n) is 1.27. The Balaban J connectivity index is 2.35. The Kier molecular flexibility index (Phi) is 4.46. The summed E-state index contributed by atoms with van der Waals surface area (Å²) < 4.78 is 0. The van der Waals surface area contributed by atoms with Crippen LogP contribution < -0.4 is 10.6 Å². The summed E-state index contributed by atoms with van der Waals surface area (Å²) in [5, 5.41) is 14.2. The molecule has 1 atom stereocenters. The molecule has 0 bridgehead atoms. The Bertz CT molecular complexity index is 279. The Morgan fingerprint density at radius 2 is 2.12 bits per heavy atom. The first-order chi connectivity index (χ1) is 7.47. The van der Waals surface area contributed by atoms with Crippen LogP contribution in [0.5, 0.6) is 0 Å². The first-order valence-corrected chi connectivity index (χ1v) is 6.67. The van der Waals surface area contributed by atoms with Crippen molar-refractivity contribution >= 4 is 23.8 Å². The van der Waals surface area contributed by atoms with E-state index in [1.165, 1.54) is 0 Å². The van der Waals surface area contributed by atoms with Crippen molar-refractivity contribution < 1.29 is 14.7 Å². The van der Waals surface area contributed by atoms with Crippen molar-refractivity contribution in [3.63, 3.8) is 0 Å². The van der Waals surface area contributed by atoms with Gasteiger partial charge in [0.25, 0.3) is 0 Å². The molecule has 1 saturated carbocycles. The first kappa shape index (κ1) is 13.2. The fourth-order valence-corrected chi connectivity index (χ4v) is 1.75. The molecular weight excluding hydrogens is 228 g/mol. The van der Waals surface area contributed by atoms with Gasteiger partial charge in [0.05, 0.1) is 0 Å². The third-order valence-corrected chi connectivity index (χ3v) is 3.27. The maximum absolute atomic E-state index is 11.5. The van der Waals surface area contributed by atoms with E-state index in [-0.39, 0.29) is 11.6 Å². The molecule has 6 heteroatoms. The van der Waals surface area contributed by atoms with Crippen molar-refractivity contribution in [3.8, 4) is 0 Å². The van der Waals surface area contributed by atoms with Gasteiger partial charge in [-0.2, -0.15) is 11.8 Å². The van der Waals surface area contributed by atoms with E-state index in [1.807, 2.05) is 13.2 Å². The number of amides is 2. The van der Waals surface area contributed by atoms with Crippen LogP contribution in [0, 0.1) is 0 Å². The van der Waals surface area contributed by atoms with Gasteiger partial charge in [-0.25, -0.2) is 9.59 Å². The lowest BCUT2D eigenvalue weighted by molar-refractivity contribution is -0.139. The molecule has 1 fully saturated rings. The largest absolute Gasteiger partial charge is 0.480 e. The number of aliphatic carboxylic acids is 1. The topological polar surface area (TPSA) is 78.4 Å². The molecule has 1 aliphatic rings. The Morgan fingerprint density at radius 3 is 2.56 bits per heavy atom. The lowest BCUT2D eigenvalue weighted by atomic mass is 10.2. The zero-order valence-electron chi connectivity index (χ0n) is 9.58. The molecule has 0 aliphatic heterocycles. The number of carboxylic acids is 1. The third kappa shape index (κ3) is 4.30. The third-order valence-electron chi connectivity index (χ3n) is 2.63. The van der Waals surface area contributed by atoms with Gasteiger partial charge in [0.2, 0.25) is 0 Å². The van der Waals surface area contributed by atoms with Crippen LogP contribution in [0.3, 0.4) is 0 Å². The predicted octanol–water partition coefficient (Wildman–Crippen LogP) is 1.04. The summed E-state index contributed by atoms with van der Waals surface area (Å²) in [6, 6.07) is -1.18. The number of rotatable bonds is 6. The normalized spacial score (nSPS) is 18.6. The van der Waals surface area contributed by atoms with Gasteiger partial charge in [-0.05, 0) is 38.2 Å². The first-order valence-electron chi connectivity index (χ1n) is 5.27. The van der Waals surface area contributed by atoms with Gasteiger partial charge < -0.3 is 15.7 Å². The van der Waals surface area contributed by atoms with Gasteiger partial charge in [-0.15, -0.1) is 0 Å². The quantitative estimate of drug-likeness (QED) is 0.654. The Morgan fingerprint density at radius 1 is 1.50 bits per heavy atom. The minimum atomic E-state index is -0.981. The van der Waals surface area contributed by atoms with Gasteiger partial charge in [0, 0.05) is 5.54 Å². The molecule has 1 aliphatic carbocycles. The Labute approximate surface area is 99.4 Å². The molecule has 0 radical (unpaired) electrons. The van der Waals surface area contributed by atoms with Crippen molar-refractivity contribution in [1.82, 2.24) is 10.6 Å². The molecule has 0 aromatic carbocycles. The molecule has 0 spiro atoms. The number of carboxylic acid groups (broad SMARTS) is 1. The van der Waals surface area contributed by atoms with Gasteiger partial charge in [0.1, 0.15) is 6.04 Å². The van der Waals surface area contributed by atoms with E-state index in [1.54, 1.807) is 11.8 Å². The van der Waals surface area contributed by atoms with Gasteiger partial charge >= 0.3 is 12.0 Å². The lowest BCUT2D eigenvalue weighted by Crippen LogP contribution is -2.49. The second-order valence-electron chi connectivity index (χ2n) is 4.33. The highest BCUT2D eigenvalue weighted by Crippen LogP contribution is 2.33. The maximum Gasteiger partial charge on any atom is 0.326 e. The summed E-state index contributed by atoms with van der Waals surface area (Å²) in [6.07, 6.45) is 4.27. The standard InChI is InChI=1S/C10H18N2O3S/c1-10(4-5-10)12-9(15)11-7(8(13)14)3-6-16-2/h7H,3-6H2,1-2H3,(H,13,14)(H2,11,12,15)/t7-/m1/s1. The Hall–Kier alpha value is -0.910. The summed E-state index contributed by atoms with van der Waals surface area (Å²) in [5.41, 5.74) is -0.118. The van der Waals surface area contributed by atoms with Crippen LogP contribution in [-0.2, 0) is 4.79 Å². The number of nitrogens with one attached hydrogen (secondary N) is 2. The zero-order valence-corrected chi connectivity index (χ0v) is 10.4. The van der Waals surface area contributed by atoms with Gasteiger partial charge in [-0.3, -0.25) is 0 Å². The van der Waals surface area contributed by atoms with Crippen LogP contribution in [0.25, 0.3) is 0 Å². The molecular formula is C10H18N2O3S. The van der Waals surface area contributed by atoms with Crippen LogP contribution in [0.1, 0.15) is 26.2 Å². The minimum absolute atomic E-state index is 0.118. The summed E-state index contributed by atoms with van der Waals surface area (Å²) in [6.45, 7) is 1.95. The van der Waals surface area contributed by atoms with E-state index in [4.69, 9.17) is 5.11 Å². The molecule has 1 rings (SSSR count). The smallest absolute Gasteiger partial charge is 0.326 e. The molecule has 0 aromatic rings. The number of hydrogen-bond acceptors (Lipinski definition) is 3. The number of hydrogen-bond donors (Lipinski definition) is 3. The molecule has 0 aromatic heterocycles. The molecule has 16 heavy (non-hydrogen) atoms. The summed E-state index contributed by atoms with van der Waals surface area (Å²) in [7, 11) is 0. The minimum Gasteiger partial charge on any atom is -0.480 e. The van der Waals surface area contributed by atoms with Crippen LogP contribution in [0.4, 0.5) is 4.79 Å². The van der Waals surface area contributed by atoms with Gasteiger partial charge in [-0.1, -0.05) is 0 Å². The van der Waals surface area contributed by atoms with E-state index < -0.39 is 12.0 Å². The number of thioether (sulfide) groups is 1. The molecule has 3 N–H and O–H groups in total.